The second-order valence-electron chi connectivity index (χ2n) is 27.3. The van der Waals surface area contributed by atoms with E-state index in [2.05, 4.69) is 79.2 Å². The van der Waals surface area contributed by atoms with Crippen LogP contribution in [-0.4, -0.2) is 121 Å². The van der Waals surface area contributed by atoms with Gasteiger partial charge in [0.1, 0.15) is 105 Å². The summed E-state index contributed by atoms with van der Waals surface area (Å²) in [4.78, 5) is 14.5. The molecule has 3 saturated heterocycles. The zero-order chi connectivity index (χ0) is 95.5. The molecule has 0 aliphatic carbocycles. The van der Waals surface area contributed by atoms with Crippen molar-refractivity contribution in [1.82, 2.24) is 40.1 Å². The SMILES string of the molecule is C.C.COB(OC)OC.Fc1ccc(C2(C(F)(F)c3ccc(Br)cn3)CO2)c(F)c1.N#Cc1ccc(O)c(F)c1.N#Cc1ccc(Oc2ccc(C(F)(F)C(O)(Cn3cnnn3)c3ccc(F)cc3F)nc2)cc1F.N#Cc1ccc(Oc2ccc(C(F)(F)C3(c4ccc(F)cc4F)CO3)nc2)c(F)c1.O.OB(O)c1ccc(C(F)(F)C2(c3ccc(F)cc3F)CO2)nc1.[3HH].[CH2-]CCC.[Li+]. The number of aromatic nitrogens is 8. The van der Waals surface area contributed by atoms with Crippen molar-refractivity contribution in [2.24, 2.45) is 0 Å². The molecule has 134 heavy (non-hydrogen) atoms. The van der Waals surface area contributed by atoms with E-state index in [1.54, 1.807) is 18.2 Å². The van der Waals surface area contributed by atoms with Crippen LogP contribution in [0.25, 0.3) is 0 Å². The van der Waals surface area contributed by atoms with Crippen molar-refractivity contribution in [2.75, 3.05) is 41.2 Å². The van der Waals surface area contributed by atoms with E-state index in [1.807, 2.05) is 0 Å². The monoisotopic (exact) mass is 1950 g/mol. The molecule has 0 spiro atoms. The quantitative estimate of drug-likeness (QED) is 0.0200. The number of tetrazole rings is 1. The molecule has 3 aliphatic rings. The van der Waals surface area contributed by atoms with Crippen LogP contribution < -0.4 is 33.8 Å². The minimum absolute atomic E-state index is 0. The predicted octanol–water partition coefficient (Wildman–Crippen LogP) is 14.8. The van der Waals surface area contributed by atoms with Crippen LogP contribution in [0.3, 0.4) is 0 Å². The molecule has 3 fully saturated rings. The molecule has 7 aromatic carbocycles. The number of hydrogen-bond donors (Lipinski definition) is 4. The third-order valence-electron chi connectivity index (χ3n) is 18.8. The van der Waals surface area contributed by atoms with E-state index in [-0.39, 0.29) is 97.9 Å². The standard InChI is InChI=1S/C22H13F5N6O2.C21H11F5N2O2.C14H10BF4NO3.C14H8BrF4NO.C7H4FNO.C4H9.C3H9BO3.2CH4.Li.H2O.H2/c23-14-2-5-17(19(25)7-14)21(34,11-33-12-30-31-32-33)22(26,27)20-6-4-16(10-29-20)35-15-3-1-13(9-28)18(24)8-15;22-13-2-4-15(16(23)8-13)20(11-29-20)21(25,26)19-6-3-14(10-28-19)30-18-5-1-12(9-27)7-17(18)24;16-9-2-3-10(11(17)5-9)13(7-23-13)14(18,19)12-4-1-8(6-20-12)15(21)22;15-8-1-4-12(20-6-8)14(18,19)13(7-21-13)10-3-2-9(16)5-11(10)17;8-6-3-5(4-9)1-2-7(6)10;1-3-4-2;1-5-4(6-2)7-3;;;;;/h1-8,10,12,34H,11H2;1-8,10H,11H2;1-6,21-22H,7H2;1-6H,7H2;1-3,10H;1,3-4H2,2H3;1-3H3;2*1H4;;1H2;1H/q;;;;;-1;;;;+1;;/i;;;;;;;;;;;1+2. The van der Waals surface area contributed by atoms with E-state index in [4.69, 9.17) is 54.6 Å². The molecule has 15 rings (SSSR count). The number of hydrogen-bond acceptors (Lipinski definition) is 22. The molecule has 4 atom stereocenters. The van der Waals surface area contributed by atoms with Gasteiger partial charge < -0.3 is 70.3 Å². The first-order valence-electron chi connectivity index (χ1n) is 37.1. The Morgan fingerprint density at radius 3 is 1.25 bits per heavy atom. The zero-order valence-electron chi connectivity index (χ0n) is 68.8. The van der Waals surface area contributed by atoms with Crippen LogP contribution in [0, 0.1) is 105 Å². The van der Waals surface area contributed by atoms with Gasteiger partial charge in [0.15, 0.2) is 45.5 Å². The number of phenols is 1. The molecule has 4 unspecified atom stereocenters. The molecule has 24 nitrogen and oxygen atoms in total. The van der Waals surface area contributed by atoms with Gasteiger partial charge in [0, 0.05) is 97.7 Å². The molecule has 3 aliphatic heterocycles. The van der Waals surface area contributed by atoms with Crippen LogP contribution in [0.5, 0.6) is 28.7 Å². The number of ether oxygens (including phenoxy) is 5. The Morgan fingerprint density at radius 1 is 0.500 bits per heavy atom. The first kappa shape index (κ1) is 112. The third kappa shape index (κ3) is 25.9. The van der Waals surface area contributed by atoms with Crippen molar-refractivity contribution in [1.29, 1.82) is 15.8 Å². The number of aromatic hydroxyl groups is 1. The van der Waals surface area contributed by atoms with Crippen molar-refractivity contribution in [2.45, 2.75) is 87.3 Å². The maximum Gasteiger partial charge on any atom is 1.00 e. The predicted molar refractivity (Wildman–Crippen MR) is 441 cm³/mol. The van der Waals surface area contributed by atoms with Crippen LogP contribution in [0.15, 0.2) is 212 Å². The summed E-state index contributed by atoms with van der Waals surface area (Å²) in [7, 11) is 2.18. The van der Waals surface area contributed by atoms with Crippen LogP contribution in [0.4, 0.5) is 83.4 Å². The molecular formula is C87H76B2BrF19LiN11O13. The fourth-order valence-electron chi connectivity index (χ4n) is 11.7. The maximum atomic E-state index is 15.7. The number of phenolic OH excluding ortho intramolecular Hbond substituents is 1. The summed E-state index contributed by atoms with van der Waals surface area (Å²) in [5.41, 5.74) is -15.1. The topological polar surface area (TPSA) is 363 Å². The first-order chi connectivity index (χ1) is 61.5. The van der Waals surface area contributed by atoms with Crippen LogP contribution in [-0.2, 0) is 80.8 Å². The van der Waals surface area contributed by atoms with Gasteiger partial charge >= 0.3 is 57.0 Å². The van der Waals surface area contributed by atoms with Crippen molar-refractivity contribution < 1.29 is 167 Å². The van der Waals surface area contributed by atoms with Gasteiger partial charge in [-0.2, -0.15) is 57.3 Å². The van der Waals surface area contributed by atoms with Gasteiger partial charge in [-0.25, -0.2) is 53.0 Å². The minimum atomic E-state index is -4.24. The fourth-order valence-corrected chi connectivity index (χ4v) is 11.9. The minimum Gasteiger partial charge on any atom is -0.505 e. The molecule has 8 heterocycles. The van der Waals surface area contributed by atoms with Crippen molar-refractivity contribution >= 4 is 35.8 Å². The Bertz CT molecular complexity index is 6030. The number of nitriles is 3. The van der Waals surface area contributed by atoms with E-state index < -0.39 is 189 Å². The van der Waals surface area contributed by atoms with Crippen LogP contribution in [0.1, 0.15) is 97.8 Å². The Hall–Kier alpha value is -12.4. The average molecular weight is 1960 g/mol. The number of nitrogens with zero attached hydrogens (tertiary/aromatic N) is 11. The summed E-state index contributed by atoms with van der Waals surface area (Å²) in [6.45, 7) is 3.44. The first-order valence-corrected chi connectivity index (χ1v) is 37.9. The molecule has 0 amide bonds. The Kier molecular flexibility index (Phi) is 40.1. The summed E-state index contributed by atoms with van der Waals surface area (Å²) in [5, 5.41) is 73.5. The summed E-state index contributed by atoms with van der Waals surface area (Å²) in [5.74, 6) is -26.8. The number of halogens is 20. The summed E-state index contributed by atoms with van der Waals surface area (Å²) < 4.78 is 309. The van der Waals surface area contributed by atoms with E-state index in [1.165, 1.54) is 70.3 Å². The Labute approximate surface area is 774 Å². The van der Waals surface area contributed by atoms with Crippen molar-refractivity contribution in [3.8, 4) is 47.0 Å². The Morgan fingerprint density at radius 2 is 0.910 bits per heavy atom. The van der Waals surface area contributed by atoms with Gasteiger partial charge in [-0.05, 0) is 166 Å². The van der Waals surface area contributed by atoms with Gasteiger partial charge in [-0.15, -0.1) is 5.10 Å². The van der Waals surface area contributed by atoms with E-state index in [0.717, 1.165) is 145 Å². The van der Waals surface area contributed by atoms with Gasteiger partial charge in [-0.1, -0.05) is 34.3 Å². The van der Waals surface area contributed by atoms with Gasteiger partial charge in [-0.3, -0.25) is 19.9 Å². The normalized spacial score (nSPS) is 15.7. The molecule has 0 radical (unpaired) electrons. The number of aliphatic hydroxyl groups is 1. The average Bonchev–Trinajstić information content (AvgIpc) is 1.61. The molecule has 0 saturated carbocycles. The summed E-state index contributed by atoms with van der Waals surface area (Å²) in [6.07, 6.45) is 7.16. The second kappa shape index (κ2) is 48.0. The van der Waals surface area contributed by atoms with Gasteiger partial charge in [0.2, 0.25) is 0 Å². The van der Waals surface area contributed by atoms with Crippen LogP contribution >= 0.6 is 15.9 Å². The number of epoxide rings is 3. The summed E-state index contributed by atoms with van der Waals surface area (Å²) in [6, 6.07) is 32.9. The second-order valence-corrected chi connectivity index (χ2v) is 28.2. The number of rotatable bonds is 23. The molecule has 6 N–H and O–H groups in total. The molecule has 0 bridgehead atoms. The number of unbranched alkanes of at least 4 members (excludes halogenated alkanes) is 1. The van der Waals surface area contributed by atoms with E-state index >= 15 is 17.6 Å². The molecule has 47 heteroatoms. The molecule has 704 valence electrons. The van der Waals surface area contributed by atoms with Crippen molar-refractivity contribution in [3.63, 3.8) is 0 Å². The van der Waals surface area contributed by atoms with Gasteiger partial charge in [0.05, 0.1) is 67.6 Å². The fraction of sp³-hybridized carbons (Fsp3) is 0.230. The molecule has 5 aromatic heterocycles. The zero-order valence-corrected chi connectivity index (χ0v) is 70.4. The molecule has 12 aromatic rings. The largest absolute Gasteiger partial charge is 1.00 e. The number of benzene rings is 7. The summed E-state index contributed by atoms with van der Waals surface area (Å²) >= 11 is 3.10. The third-order valence-corrected chi connectivity index (χ3v) is 19.2. The van der Waals surface area contributed by atoms with Gasteiger partial charge in [0.25, 0.3) is 0 Å². The Balaban J connectivity index is 0.000000350. The number of pyridine rings is 4. The van der Waals surface area contributed by atoms with E-state index in [0.29, 0.717) is 34.8 Å². The van der Waals surface area contributed by atoms with E-state index in [9.17, 15) is 71.0 Å². The van der Waals surface area contributed by atoms with Crippen LogP contribution in [0.2, 0.25) is 0 Å². The maximum absolute atomic E-state index is 15.7. The smallest absolute Gasteiger partial charge is 0.505 e. The number of alkyl halides is 8. The van der Waals surface area contributed by atoms with Crippen molar-refractivity contribution in [3.05, 3.63) is 344 Å². The molecular weight excluding hydrogens is 1880 g/mol.